The van der Waals surface area contributed by atoms with Crippen molar-refractivity contribution in [2.75, 3.05) is 12.0 Å². The van der Waals surface area contributed by atoms with E-state index in [1.165, 1.54) is 6.07 Å². The minimum atomic E-state index is -4.43. The monoisotopic (exact) mass is 461 g/mol. The molecule has 0 radical (unpaired) electrons. The van der Waals surface area contributed by atoms with E-state index >= 15 is 0 Å². The van der Waals surface area contributed by atoms with Gasteiger partial charge < -0.3 is 10.2 Å². The summed E-state index contributed by atoms with van der Waals surface area (Å²) >= 11 is 0. The Morgan fingerprint density at radius 1 is 1.27 bits per heavy atom. The van der Waals surface area contributed by atoms with Crippen LogP contribution in [0.25, 0.3) is 5.78 Å². The van der Waals surface area contributed by atoms with Gasteiger partial charge in [0.1, 0.15) is 12.5 Å². The van der Waals surface area contributed by atoms with E-state index < -0.39 is 29.9 Å². The number of fused-ring (bicyclic) bond motifs is 3. The Labute approximate surface area is 187 Å². The minimum absolute atomic E-state index is 0.205. The minimum Gasteiger partial charge on any atom is -0.363 e. The average molecular weight is 461 g/mol. The normalized spacial score (nSPS) is 17.8. The molecule has 3 aromatic rings. The fourth-order valence-electron chi connectivity index (χ4n) is 4.46. The molecule has 2 aliphatic rings. The maximum absolute atomic E-state index is 13.5. The van der Waals surface area contributed by atoms with Crippen LogP contribution in [0.3, 0.4) is 0 Å². The van der Waals surface area contributed by atoms with E-state index in [2.05, 4.69) is 15.3 Å². The van der Waals surface area contributed by atoms with Crippen LogP contribution >= 0.6 is 0 Å². The summed E-state index contributed by atoms with van der Waals surface area (Å²) in [5.41, 5.74) is 1.29. The lowest BCUT2D eigenvalue weighted by molar-refractivity contribution is -0.138. The number of benzene rings is 1. The van der Waals surface area contributed by atoms with E-state index in [9.17, 15) is 22.4 Å². The first-order valence-electron chi connectivity index (χ1n) is 10.8. The molecule has 1 aliphatic heterocycles. The molecule has 1 saturated carbocycles. The van der Waals surface area contributed by atoms with Gasteiger partial charge in [-0.15, -0.1) is 0 Å². The molecular formula is C23H23F4N5O. The zero-order valence-corrected chi connectivity index (χ0v) is 18.2. The van der Waals surface area contributed by atoms with Gasteiger partial charge in [0, 0.05) is 17.3 Å². The summed E-state index contributed by atoms with van der Waals surface area (Å²) in [5.74, 6) is 0.698. The van der Waals surface area contributed by atoms with Crippen molar-refractivity contribution >= 4 is 17.5 Å². The Hall–Kier alpha value is -3.17. The van der Waals surface area contributed by atoms with Gasteiger partial charge in [-0.3, -0.25) is 9.20 Å². The molecule has 1 amide bonds. The Kier molecular flexibility index (Phi) is 4.88. The second-order valence-corrected chi connectivity index (χ2v) is 8.99. The van der Waals surface area contributed by atoms with Gasteiger partial charge in [-0.1, -0.05) is 12.1 Å². The summed E-state index contributed by atoms with van der Waals surface area (Å²) in [6, 6.07) is 4.67. The van der Waals surface area contributed by atoms with Crippen molar-refractivity contribution in [3.8, 4) is 0 Å². The summed E-state index contributed by atoms with van der Waals surface area (Å²) in [5, 5.41) is 3.22. The highest BCUT2D eigenvalue weighted by molar-refractivity contribution is 5.86. The lowest BCUT2D eigenvalue weighted by Crippen LogP contribution is -2.34. The Morgan fingerprint density at radius 2 is 2.03 bits per heavy atom. The Balaban J connectivity index is 1.49. The van der Waals surface area contributed by atoms with Crippen LogP contribution in [0.2, 0.25) is 0 Å². The topological polar surface area (TPSA) is 62.5 Å². The molecule has 5 rings (SSSR count). The molecular weight excluding hydrogens is 438 g/mol. The van der Waals surface area contributed by atoms with Crippen LogP contribution in [0, 0.1) is 12.3 Å². The lowest BCUT2D eigenvalue weighted by atomic mass is 10.0. The van der Waals surface area contributed by atoms with Crippen LogP contribution in [0.1, 0.15) is 53.9 Å². The number of halogens is 4. The molecule has 1 atom stereocenters. The zero-order valence-electron chi connectivity index (χ0n) is 18.2. The molecule has 1 N–H and O–H groups in total. The van der Waals surface area contributed by atoms with E-state index in [4.69, 9.17) is 0 Å². The summed E-state index contributed by atoms with van der Waals surface area (Å²) in [6.45, 7) is 3.53. The number of nitrogens with one attached hydrogen (secondary N) is 1. The summed E-state index contributed by atoms with van der Waals surface area (Å²) < 4.78 is 54.9. The van der Waals surface area contributed by atoms with Gasteiger partial charge in [-0.2, -0.15) is 18.2 Å². The number of anilines is 1. The average Bonchev–Trinajstić information content (AvgIpc) is 3.32. The Bertz CT molecular complexity index is 1250. The number of rotatable bonds is 5. The summed E-state index contributed by atoms with van der Waals surface area (Å²) in [4.78, 5) is 23.6. The number of amides is 1. The predicted molar refractivity (Wildman–Crippen MR) is 113 cm³/mol. The highest BCUT2D eigenvalue weighted by atomic mass is 19.4. The van der Waals surface area contributed by atoms with Crippen molar-refractivity contribution in [2.45, 2.75) is 52.0 Å². The smallest absolute Gasteiger partial charge is 0.363 e. The first-order valence-corrected chi connectivity index (χ1v) is 10.8. The predicted octanol–water partition coefficient (Wildman–Crippen LogP) is 4.82. The van der Waals surface area contributed by atoms with E-state index in [1.54, 1.807) is 24.1 Å². The number of carbonyl (C=O) groups excluding carboxylic acids is 1. The molecule has 1 aromatic carbocycles. The fraction of sp³-hybridized carbons (Fsp3) is 0.435. The number of aromatic nitrogens is 3. The van der Waals surface area contributed by atoms with Gasteiger partial charge in [-0.05, 0) is 44.4 Å². The molecule has 174 valence electrons. The van der Waals surface area contributed by atoms with Gasteiger partial charge in [0.05, 0.1) is 36.0 Å². The van der Waals surface area contributed by atoms with Crippen LogP contribution in [0.15, 0.2) is 30.5 Å². The maximum Gasteiger partial charge on any atom is 0.416 e. The number of aryl methyl sites for hydroxylation is 1. The highest BCUT2D eigenvalue weighted by Crippen LogP contribution is 2.49. The van der Waals surface area contributed by atoms with Crippen molar-refractivity contribution in [1.82, 2.24) is 19.3 Å². The van der Waals surface area contributed by atoms with Gasteiger partial charge in [0.15, 0.2) is 0 Å². The van der Waals surface area contributed by atoms with E-state index in [0.717, 1.165) is 29.1 Å². The van der Waals surface area contributed by atoms with Crippen molar-refractivity contribution in [1.29, 1.82) is 0 Å². The van der Waals surface area contributed by atoms with Crippen LogP contribution in [-0.4, -0.2) is 31.9 Å². The number of alkyl halides is 4. The number of hydrogen-bond acceptors (Lipinski definition) is 4. The first kappa shape index (κ1) is 21.7. The van der Waals surface area contributed by atoms with Crippen LogP contribution < -0.4 is 5.32 Å². The molecule has 10 heteroatoms. The SMILES string of the molecule is Cc1cnc2nc(NC(C)c3cccc(C(F)(F)F)c3)c3c(n12)CN(C(=O)C1(CF)CC1)C3. The molecule has 3 heterocycles. The van der Waals surface area contributed by atoms with Crippen molar-refractivity contribution < 1.29 is 22.4 Å². The second kappa shape index (κ2) is 7.43. The summed E-state index contributed by atoms with van der Waals surface area (Å²) in [6.07, 6.45) is -1.66. The molecule has 2 aromatic heterocycles. The van der Waals surface area contributed by atoms with Crippen LogP contribution in [0.5, 0.6) is 0 Å². The highest BCUT2D eigenvalue weighted by Gasteiger charge is 2.53. The van der Waals surface area contributed by atoms with Crippen molar-refractivity contribution in [3.05, 3.63) is 58.5 Å². The van der Waals surface area contributed by atoms with E-state index in [0.29, 0.717) is 36.5 Å². The third kappa shape index (κ3) is 3.61. The number of nitrogens with zero attached hydrogens (tertiary/aromatic N) is 4. The van der Waals surface area contributed by atoms with Gasteiger partial charge in [-0.25, -0.2) is 9.37 Å². The fourth-order valence-corrected chi connectivity index (χ4v) is 4.46. The van der Waals surface area contributed by atoms with Gasteiger partial charge >= 0.3 is 6.18 Å². The van der Waals surface area contributed by atoms with Crippen LogP contribution in [-0.2, 0) is 24.1 Å². The molecule has 1 unspecified atom stereocenters. The number of hydrogen-bond donors (Lipinski definition) is 1. The first-order chi connectivity index (χ1) is 15.6. The quantitative estimate of drug-likeness (QED) is 0.554. The molecule has 33 heavy (non-hydrogen) atoms. The molecule has 6 nitrogen and oxygen atoms in total. The maximum atomic E-state index is 13.5. The molecule has 0 spiro atoms. The van der Waals surface area contributed by atoms with Gasteiger partial charge in [0.2, 0.25) is 11.7 Å². The van der Waals surface area contributed by atoms with Gasteiger partial charge in [0.25, 0.3) is 0 Å². The summed E-state index contributed by atoms with van der Waals surface area (Å²) in [7, 11) is 0. The third-order valence-corrected chi connectivity index (χ3v) is 6.64. The second-order valence-electron chi connectivity index (χ2n) is 8.99. The molecule has 0 saturated heterocycles. The van der Waals surface area contributed by atoms with Crippen molar-refractivity contribution in [3.63, 3.8) is 0 Å². The van der Waals surface area contributed by atoms with E-state index in [1.807, 2.05) is 11.3 Å². The largest absolute Gasteiger partial charge is 0.416 e. The van der Waals surface area contributed by atoms with Crippen LogP contribution in [0.4, 0.5) is 23.4 Å². The molecule has 0 bridgehead atoms. The molecule has 1 fully saturated rings. The third-order valence-electron chi connectivity index (χ3n) is 6.64. The van der Waals surface area contributed by atoms with E-state index in [-0.39, 0.29) is 12.5 Å². The molecule has 1 aliphatic carbocycles. The number of carbonyl (C=O) groups is 1. The lowest BCUT2D eigenvalue weighted by Gasteiger charge is -2.21. The standard InChI is InChI=1S/C23H23F4N5O/c1-13-9-28-21-30-19(29-14(2)15-4-3-5-16(8-15)23(25,26)27)17-10-31(11-18(17)32(13)21)20(33)22(12-24)6-7-22/h3-5,8-9,14H,6-7,10-12H2,1-2H3,(H,28,29,30). The Morgan fingerprint density at radius 3 is 2.70 bits per heavy atom. The van der Waals surface area contributed by atoms with Crippen molar-refractivity contribution in [2.24, 2.45) is 5.41 Å². The zero-order chi connectivity index (χ0) is 23.5. The number of imidazole rings is 1.